The fourth-order valence-corrected chi connectivity index (χ4v) is 5.26. The third-order valence-corrected chi connectivity index (χ3v) is 7.52. The summed E-state index contributed by atoms with van der Waals surface area (Å²) in [4.78, 5) is 16.0. The van der Waals surface area contributed by atoms with Crippen molar-refractivity contribution in [2.75, 3.05) is 38.6 Å². The second-order valence-electron chi connectivity index (χ2n) is 8.52. The largest absolute Gasteiger partial charge is 0.464 e. The van der Waals surface area contributed by atoms with Gasteiger partial charge in [0, 0.05) is 42.8 Å². The van der Waals surface area contributed by atoms with Crippen LogP contribution in [0.15, 0.2) is 53.4 Å². The highest BCUT2D eigenvalue weighted by Crippen LogP contribution is 2.33. The Morgan fingerprint density at radius 2 is 1.86 bits per heavy atom. The molecular formula is C25H25ClFN5O2S. The van der Waals surface area contributed by atoms with E-state index >= 15 is 0 Å². The molecule has 10 heteroatoms. The maximum absolute atomic E-state index is 14.4. The lowest BCUT2D eigenvalue weighted by Crippen LogP contribution is -2.44. The third-order valence-electron chi connectivity index (χ3n) is 6.10. The normalized spacial score (nSPS) is 16.8. The molecule has 1 saturated carbocycles. The van der Waals surface area contributed by atoms with E-state index in [1.807, 2.05) is 24.3 Å². The van der Waals surface area contributed by atoms with Crippen molar-refractivity contribution in [3.05, 3.63) is 65.1 Å². The number of nitrogens with zero attached hydrogens (tertiary/aromatic N) is 4. The minimum Gasteiger partial charge on any atom is -0.464 e. The molecular weight excluding hydrogens is 489 g/mol. The Morgan fingerprint density at radius 3 is 2.51 bits per heavy atom. The lowest BCUT2D eigenvalue weighted by molar-refractivity contribution is 0.0594. The summed E-state index contributed by atoms with van der Waals surface area (Å²) in [6.07, 6.45) is 2.70. The summed E-state index contributed by atoms with van der Waals surface area (Å²) in [7, 11) is 1.27. The van der Waals surface area contributed by atoms with E-state index in [0.29, 0.717) is 5.69 Å². The predicted octanol–water partition coefficient (Wildman–Crippen LogP) is 5.25. The van der Waals surface area contributed by atoms with Crippen LogP contribution in [0.4, 0.5) is 15.8 Å². The molecule has 1 aromatic heterocycles. The van der Waals surface area contributed by atoms with Crippen molar-refractivity contribution in [3.8, 4) is 11.3 Å². The van der Waals surface area contributed by atoms with Crippen LogP contribution >= 0.6 is 23.5 Å². The van der Waals surface area contributed by atoms with Crippen molar-refractivity contribution in [2.45, 2.75) is 23.8 Å². The van der Waals surface area contributed by atoms with Crippen molar-refractivity contribution in [3.63, 3.8) is 0 Å². The molecule has 0 amide bonds. The van der Waals surface area contributed by atoms with Crippen LogP contribution in [0.1, 0.15) is 23.3 Å². The molecule has 2 aliphatic rings. The first kappa shape index (κ1) is 24.0. The summed E-state index contributed by atoms with van der Waals surface area (Å²) in [5.74, 6) is -1.17. The van der Waals surface area contributed by atoms with Crippen LogP contribution in [0.2, 0.25) is 5.02 Å². The minimum absolute atomic E-state index is 0.00398. The molecule has 0 atom stereocenters. The molecule has 0 spiro atoms. The highest BCUT2D eigenvalue weighted by Gasteiger charge is 2.31. The van der Waals surface area contributed by atoms with Crippen molar-refractivity contribution >= 4 is 40.9 Å². The Bertz CT molecular complexity index is 1200. The number of piperazine rings is 1. The molecule has 1 N–H and O–H groups in total. The van der Waals surface area contributed by atoms with E-state index in [0.717, 1.165) is 42.8 Å². The summed E-state index contributed by atoms with van der Waals surface area (Å²) in [5, 5.41) is 11.4. The smallest absolute Gasteiger partial charge is 0.360 e. The van der Waals surface area contributed by atoms with Gasteiger partial charge >= 0.3 is 5.97 Å². The van der Waals surface area contributed by atoms with Gasteiger partial charge in [-0.25, -0.2) is 13.5 Å². The molecule has 3 aromatic rings. The Kier molecular flexibility index (Phi) is 7.19. The van der Waals surface area contributed by atoms with Gasteiger partial charge in [-0.3, -0.25) is 4.90 Å². The third kappa shape index (κ3) is 5.59. The number of esters is 1. The van der Waals surface area contributed by atoms with Crippen LogP contribution in [-0.4, -0.2) is 64.7 Å². The average Bonchev–Trinajstić information content (AvgIpc) is 3.71. The quantitative estimate of drug-likeness (QED) is 0.339. The Labute approximate surface area is 212 Å². The molecule has 35 heavy (non-hydrogen) atoms. The fourth-order valence-electron chi connectivity index (χ4n) is 4.10. The summed E-state index contributed by atoms with van der Waals surface area (Å²) < 4.78 is 21.7. The van der Waals surface area contributed by atoms with Crippen LogP contribution in [0.5, 0.6) is 0 Å². The topological polar surface area (TPSA) is 70.6 Å². The van der Waals surface area contributed by atoms with Crippen molar-refractivity contribution in [1.29, 1.82) is 0 Å². The van der Waals surface area contributed by atoms with Gasteiger partial charge in [-0.15, -0.1) is 10.2 Å². The first-order valence-electron chi connectivity index (χ1n) is 11.5. The monoisotopic (exact) mass is 513 g/mol. The van der Waals surface area contributed by atoms with Gasteiger partial charge < -0.3 is 10.1 Å². The minimum atomic E-state index is -0.649. The number of methoxy groups -OCH3 is 1. The fraction of sp³-hybridized carbons (Fsp3) is 0.320. The first-order chi connectivity index (χ1) is 17.0. The number of aromatic nitrogens is 2. The molecule has 0 radical (unpaired) electrons. The molecule has 1 saturated heterocycles. The van der Waals surface area contributed by atoms with Crippen molar-refractivity contribution in [2.24, 2.45) is 0 Å². The Balaban J connectivity index is 1.32. The first-order valence-corrected chi connectivity index (χ1v) is 12.6. The lowest BCUT2D eigenvalue weighted by Gasteiger charge is -2.33. The van der Waals surface area contributed by atoms with Gasteiger partial charge in [0.25, 0.3) is 0 Å². The number of carbonyl (C=O) groups excluding carboxylic acids is 1. The number of nitrogens with one attached hydrogen (secondary N) is 1. The van der Waals surface area contributed by atoms with E-state index in [2.05, 4.69) is 24.7 Å². The molecule has 2 fully saturated rings. The van der Waals surface area contributed by atoms with E-state index in [-0.39, 0.29) is 22.0 Å². The number of halogens is 2. The molecule has 1 aliphatic heterocycles. The van der Waals surface area contributed by atoms with Crippen LogP contribution in [0.3, 0.4) is 0 Å². The number of rotatable bonds is 7. The van der Waals surface area contributed by atoms with Crippen LogP contribution in [0, 0.1) is 5.82 Å². The summed E-state index contributed by atoms with van der Waals surface area (Å²) >= 11 is 7.96. The Morgan fingerprint density at radius 1 is 1.11 bits per heavy atom. The Hall–Kier alpha value is -2.72. The number of carbonyl (C=O) groups is 1. The average molecular weight is 514 g/mol. The van der Waals surface area contributed by atoms with Crippen LogP contribution < -0.4 is 5.32 Å². The molecule has 1 aliphatic carbocycles. The number of anilines is 2. The second kappa shape index (κ2) is 10.5. The van der Waals surface area contributed by atoms with Gasteiger partial charge in [0.1, 0.15) is 5.82 Å². The van der Waals surface area contributed by atoms with E-state index < -0.39 is 11.8 Å². The van der Waals surface area contributed by atoms with Crippen molar-refractivity contribution in [1.82, 2.24) is 19.4 Å². The zero-order chi connectivity index (χ0) is 24.4. The maximum atomic E-state index is 14.4. The maximum Gasteiger partial charge on any atom is 0.360 e. The van der Waals surface area contributed by atoms with Gasteiger partial charge in [-0.1, -0.05) is 17.7 Å². The molecule has 5 rings (SSSR count). The molecule has 182 valence electrons. The van der Waals surface area contributed by atoms with Gasteiger partial charge in [0.05, 0.1) is 29.1 Å². The SMILES string of the molecule is COC(=O)c1nnc(-c2c(F)cccc2Cl)cc1Nc1ccc(SN2CCN(C3CC3)CC2)cc1. The summed E-state index contributed by atoms with van der Waals surface area (Å²) in [6, 6.07) is 14.7. The highest BCUT2D eigenvalue weighted by molar-refractivity contribution is 7.97. The van der Waals surface area contributed by atoms with Crippen molar-refractivity contribution < 1.29 is 13.9 Å². The van der Waals surface area contributed by atoms with E-state index in [1.54, 1.807) is 24.1 Å². The van der Waals surface area contributed by atoms with Gasteiger partial charge in [0.2, 0.25) is 0 Å². The second-order valence-corrected chi connectivity index (χ2v) is 10.1. The molecule has 0 unspecified atom stereocenters. The highest BCUT2D eigenvalue weighted by atomic mass is 35.5. The van der Waals surface area contributed by atoms with E-state index in [9.17, 15) is 9.18 Å². The summed E-state index contributed by atoms with van der Waals surface area (Å²) in [5.41, 5.74) is 1.42. The lowest BCUT2D eigenvalue weighted by atomic mass is 10.1. The van der Waals surface area contributed by atoms with Gasteiger partial charge in [-0.05, 0) is 67.3 Å². The van der Waals surface area contributed by atoms with Crippen LogP contribution in [0.25, 0.3) is 11.3 Å². The number of hydrogen-bond acceptors (Lipinski definition) is 8. The number of ether oxygens (including phenoxy) is 1. The zero-order valence-electron chi connectivity index (χ0n) is 19.2. The van der Waals surface area contributed by atoms with Crippen LogP contribution in [-0.2, 0) is 4.74 Å². The van der Waals surface area contributed by atoms with Gasteiger partial charge in [0.15, 0.2) is 5.69 Å². The molecule has 2 heterocycles. The molecule has 2 aromatic carbocycles. The number of hydrogen-bond donors (Lipinski definition) is 1. The summed E-state index contributed by atoms with van der Waals surface area (Å²) in [6.45, 7) is 4.34. The predicted molar refractivity (Wildman–Crippen MR) is 136 cm³/mol. The standard InChI is InChI=1S/C25H25ClFN5O2S/c1-34-25(33)24-22(15-21(29-30-24)23-19(26)3-2-4-20(23)27)28-16-5-9-18(10-6-16)35-32-13-11-31(12-14-32)17-7-8-17/h2-6,9-10,15,17H,7-8,11-14H2,1H3,(H,28,29). The van der Waals surface area contributed by atoms with E-state index in [1.165, 1.54) is 32.1 Å². The molecule has 0 bridgehead atoms. The number of benzene rings is 2. The molecule has 7 nitrogen and oxygen atoms in total. The van der Waals surface area contributed by atoms with E-state index in [4.69, 9.17) is 16.3 Å². The van der Waals surface area contributed by atoms with Gasteiger partial charge in [-0.2, -0.15) is 0 Å². The zero-order valence-corrected chi connectivity index (χ0v) is 20.8.